The minimum atomic E-state index is -4.20. The van der Waals surface area contributed by atoms with Crippen LogP contribution in [0.4, 0.5) is 18.0 Å². The van der Waals surface area contributed by atoms with E-state index in [1.54, 1.807) is 20.8 Å². The fraction of sp³-hybridized carbons (Fsp3) is 0.923. The van der Waals surface area contributed by atoms with Gasteiger partial charge in [0.05, 0.1) is 0 Å². The van der Waals surface area contributed by atoms with Crippen LogP contribution in [-0.4, -0.2) is 41.9 Å². The van der Waals surface area contributed by atoms with Crippen LogP contribution >= 0.6 is 0 Å². The zero-order valence-electron chi connectivity index (χ0n) is 12.7. The van der Waals surface area contributed by atoms with Crippen LogP contribution < -0.4 is 11.3 Å². The molecule has 3 N–H and O–H groups in total. The van der Waals surface area contributed by atoms with Crippen molar-refractivity contribution in [2.45, 2.75) is 57.9 Å². The van der Waals surface area contributed by atoms with Crippen molar-refractivity contribution < 1.29 is 22.7 Å². The van der Waals surface area contributed by atoms with Crippen molar-refractivity contribution in [2.24, 2.45) is 11.8 Å². The Morgan fingerprint density at radius 2 is 2.05 bits per heavy atom. The summed E-state index contributed by atoms with van der Waals surface area (Å²) in [5.41, 5.74) is 1.86. The van der Waals surface area contributed by atoms with Gasteiger partial charge in [0.2, 0.25) is 0 Å². The lowest BCUT2D eigenvalue weighted by Gasteiger charge is -2.26. The van der Waals surface area contributed by atoms with Gasteiger partial charge in [-0.25, -0.2) is 4.79 Å². The summed E-state index contributed by atoms with van der Waals surface area (Å²) in [5.74, 6) is 5.26. The Morgan fingerprint density at radius 1 is 1.43 bits per heavy atom. The second-order valence-corrected chi connectivity index (χ2v) is 6.40. The molecule has 8 heteroatoms. The zero-order chi connectivity index (χ0) is 16.3. The molecule has 1 saturated heterocycles. The molecular formula is C13H24F3N3O2. The van der Waals surface area contributed by atoms with Gasteiger partial charge in [-0.1, -0.05) is 0 Å². The summed E-state index contributed by atoms with van der Waals surface area (Å²) >= 11 is 0. The molecule has 1 fully saturated rings. The molecule has 124 valence electrons. The summed E-state index contributed by atoms with van der Waals surface area (Å²) in [7, 11) is 0. The van der Waals surface area contributed by atoms with Crippen LogP contribution in [0.1, 0.15) is 40.0 Å². The summed E-state index contributed by atoms with van der Waals surface area (Å²) in [4.78, 5) is 13.4. The molecule has 2 unspecified atom stereocenters. The van der Waals surface area contributed by atoms with Crippen molar-refractivity contribution in [3.05, 3.63) is 0 Å². The first-order valence-electron chi connectivity index (χ1n) is 7.02. The number of carbonyl (C=O) groups excluding carboxylic acids is 1. The number of hydrazine groups is 1. The average Bonchev–Trinajstić information content (AvgIpc) is 2.75. The molecule has 1 rings (SSSR count). The number of ether oxygens (including phenoxy) is 1. The van der Waals surface area contributed by atoms with Gasteiger partial charge in [0, 0.05) is 25.6 Å². The van der Waals surface area contributed by atoms with Crippen molar-refractivity contribution >= 4 is 6.09 Å². The largest absolute Gasteiger partial charge is 0.444 e. The van der Waals surface area contributed by atoms with Gasteiger partial charge in [-0.05, 0) is 39.5 Å². The third-order valence-electron chi connectivity index (χ3n) is 3.40. The van der Waals surface area contributed by atoms with E-state index in [0.717, 1.165) is 0 Å². The Balaban J connectivity index is 2.49. The normalized spacial score (nSPS) is 21.5. The number of nitrogens with zero attached hydrogens (tertiary/aromatic N) is 1. The number of rotatable bonds is 4. The maximum atomic E-state index is 12.3. The van der Waals surface area contributed by atoms with E-state index in [9.17, 15) is 18.0 Å². The zero-order valence-corrected chi connectivity index (χ0v) is 12.7. The van der Waals surface area contributed by atoms with Crippen LogP contribution in [0.25, 0.3) is 0 Å². The first-order chi connectivity index (χ1) is 9.52. The van der Waals surface area contributed by atoms with Gasteiger partial charge in [-0.3, -0.25) is 11.3 Å². The molecule has 0 aromatic heterocycles. The fourth-order valence-electron chi connectivity index (χ4n) is 2.38. The summed E-state index contributed by atoms with van der Waals surface area (Å²) in [6, 6.07) is -0.459. The second-order valence-electron chi connectivity index (χ2n) is 6.40. The molecule has 1 amide bonds. The van der Waals surface area contributed by atoms with Gasteiger partial charge in [0.1, 0.15) is 5.60 Å². The van der Waals surface area contributed by atoms with E-state index >= 15 is 0 Å². The summed E-state index contributed by atoms with van der Waals surface area (Å²) in [6.45, 7) is 6.15. The number of alkyl halides is 3. The first kappa shape index (κ1) is 18.0. The van der Waals surface area contributed by atoms with Crippen LogP contribution in [0.5, 0.6) is 0 Å². The minimum absolute atomic E-state index is 0.0905. The standard InChI is InChI=1S/C13H24F3N3O2/c1-12(2,3)21-11(20)19-7-5-9(8-19)10(18-17)4-6-13(14,15)16/h9-10,18H,4-8,17H2,1-3H3. The molecule has 2 atom stereocenters. The number of nitrogens with two attached hydrogens (primary N) is 1. The highest BCUT2D eigenvalue weighted by Crippen LogP contribution is 2.28. The van der Waals surface area contributed by atoms with Crippen molar-refractivity contribution in [1.29, 1.82) is 0 Å². The molecule has 0 radical (unpaired) electrons. The lowest BCUT2D eigenvalue weighted by Crippen LogP contribution is -2.43. The number of hydrogen-bond acceptors (Lipinski definition) is 4. The molecule has 0 saturated carbocycles. The van der Waals surface area contributed by atoms with E-state index in [-0.39, 0.29) is 12.3 Å². The van der Waals surface area contributed by atoms with Gasteiger partial charge in [-0.15, -0.1) is 0 Å². The van der Waals surface area contributed by atoms with Gasteiger partial charge in [-0.2, -0.15) is 13.2 Å². The molecule has 1 aliphatic heterocycles. The van der Waals surface area contributed by atoms with E-state index < -0.39 is 30.3 Å². The lowest BCUT2D eigenvalue weighted by atomic mass is 9.95. The lowest BCUT2D eigenvalue weighted by molar-refractivity contribution is -0.137. The summed E-state index contributed by atoms with van der Waals surface area (Å²) in [6.07, 6.45) is -4.99. The highest BCUT2D eigenvalue weighted by Gasteiger charge is 2.36. The second kappa shape index (κ2) is 6.83. The number of likely N-dealkylation sites (tertiary alicyclic amines) is 1. The van der Waals surface area contributed by atoms with Crippen LogP contribution in [0.15, 0.2) is 0 Å². The maximum absolute atomic E-state index is 12.3. The molecule has 21 heavy (non-hydrogen) atoms. The third kappa shape index (κ3) is 6.52. The average molecular weight is 311 g/mol. The number of nitrogens with one attached hydrogen (secondary N) is 1. The number of amides is 1. The topological polar surface area (TPSA) is 67.6 Å². The smallest absolute Gasteiger partial charge is 0.410 e. The van der Waals surface area contributed by atoms with E-state index in [2.05, 4.69) is 5.43 Å². The van der Waals surface area contributed by atoms with E-state index in [1.165, 1.54) is 4.90 Å². The van der Waals surface area contributed by atoms with Crippen molar-refractivity contribution in [2.75, 3.05) is 13.1 Å². The molecule has 0 aromatic carbocycles. The van der Waals surface area contributed by atoms with Gasteiger partial charge in [0.15, 0.2) is 0 Å². The Hall–Kier alpha value is -1.02. The molecule has 0 aliphatic carbocycles. The van der Waals surface area contributed by atoms with Crippen molar-refractivity contribution in [3.63, 3.8) is 0 Å². The monoisotopic (exact) mass is 311 g/mol. The highest BCUT2D eigenvalue weighted by atomic mass is 19.4. The van der Waals surface area contributed by atoms with Crippen LogP contribution in [0, 0.1) is 5.92 Å². The van der Waals surface area contributed by atoms with Crippen LogP contribution in [-0.2, 0) is 4.74 Å². The quantitative estimate of drug-likeness (QED) is 0.618. The number of halogens is 3. The molecule has 0 spiro atoms. The molecule has 5 nitrogen and oxygen atoms in total. The van der Waals surface area contributed by atoms with Gasteiger partial charge in [0.25, 0.3) is 0 Å². The predicted molar refractivity (Wildman–Crippen MR) is 72.3 cm³/mol. The molecule has 1 aliphatic rings. The van der Waals surface area contributed by atoms with Crippen molar-refractivity contribution in [3.8, 4) is 0 Å². The highest BCUT2D eigenvalue weighted by molar-refractivity contribution is 5.68. The molecular weight excluding hydrogens is 287 g/mol. The van der Waals surface area contributed by atoms with E-state index in [1.807, 2.05) is 0 Å². The summed E-state index contributed by atoms with van der Waals surface area (Å²) in [5, 5.41) is 0. The minimum Gasteiger partial charge on any atom is -0.444 e. The van der Waals surface area contributed by atoms with E-state index in [0.29, 0.717) is 19.5 Å². The molecule has 0 bridgehead atoms. The number of hydrogen-bond donors (Lipinski definition) is 2. The Morgan fingerprint density at radius 3 is 2.52 bits per heavy atom. The SMILES string of the molecule is CC(C)(C)OC(=O)N1CCC(C(CCC(F)(F)F)NN)C1. The van der Waals surface area contributed by atoms with Crippen LogP contribution in [0.3, 0.4) is 0 Å². The van der Waals surface area contributed by atoms with Crippen LogP contribution in [0.2, 0.25) is 0 Å². The van der Waals surface area contributed by atoms with Gasteiger partial charge < -0.3 is 9.64 Å². The number of carbonyl (C=O) groups is 1. The maximum Gasteiger partial charge on any atom is 0.410 e. The Labute approximate surface area is 123 Å². The first-order valence-corrected chi connectivity index (χ1v) is 7.02. The van der Waals surface area contributed by atoms with Crippen molar-refractivity contribution in [1.82, 2.24) is 10.3 Å². The Kier molecular flexibility index (Phi) is 5.86. The molecule has 0 aromatic rings. The third-order valence-corrected chi connectivity index (χ3v) is 3.40. The van der Waals surface area contributed by atoms with E-state index in [4.69, 9.17) is 10.6 Å². The Bertz CT molecular complexity index is 356. The fourth-order valence-corrected chi connectivity index (χ4v) is 2.38. The molecule has 1 heterocycles. The predicted octanol–water partition coefficient (Wildman–Crippen LogP) is 2.42. The van der Waals surface area contributed by atoms with Gasteiger partial charge >= 0.3 is 12.3 Å². The summed E-state index contributed by atoms with van der Waals surface area (Å²) < 4.78 is 42.1.